The Balaban J connectivity index is 0. The van der Waals surface area contributed by atoms with E-state index in [-0.39, 0.29) is 0 Å². The van der Waals surface area contributed by atoms with Gasteiger partial charge in [0.1, 0.15) is 0 Å². The van der Waals surface area contributed by atoms with E-state index in [1.165, 1.54) is 17.3 Å². The van der Waals surface area contributed by atoms with Crippen molar-refractivity contribution in [2.75, 3.05) is 0 Å². The number of rotatable bonds is 2. The van der Waals surface area contributed by atoms with Crippen LogP contribution in [-0.4, -0.2) is 0 Å². The van der Waals surface area contributed by atoms with Gasteiger partial charge in [0.25, 0.3) is 0 Å². The second kappa shape index (κ2) is 10.8. The van der Waals surface area contributed by atoms with Gasteiger partial charge in [-0.2, -0.15) is 0 Å². The summed E-state index contributed by atoms with van der Waals surface area (Å²) in [6.07, 6.45) is 9.26. The molecule has 0 aliphatic carbocycles. The highest BCUT2D eigenvalue weighted by molar-refractivity contribution is 5.13. The monoisotopic (exact) mass is 179 g/mol. The van der Waals surface area contributed by atoms with Crippen LogP contribution in [0.3, 0.4) is 0 Å². The summed E-state index contributed by atoms with van der Waals surface area (Å²) >= 11 is 0. The first kappa shape index (κ1) is 14.3. The molecule has 0 atom stereocenters. The molecule has 1 heteroatoms. The highest BCUT2D eigenvalue weighted by Crippen LogP contribution is 1.89. The van der Waals surface area contributed by atoms with Crippen LogP contribution < -0.4 is 5.73 Å². The summed E-state index contributed by atoms with van der Waals surface area (Å²) < 4.78 is 0. The molecular weight excluding hydrogens is 158 g/mol. The van der Waals surface area contributed by atoms with Gasteiger partial charge in [0.15, 0.2) is 0 Å². The molecule has 0 amide bonds. The van der Waals surface area contributed by atoms with Crippen LogP contribution in [0.2, 0.25) is 0 Å². The molecule has 13 heavy (non-hydrogen) atoms. The minimum atomic E-state index is 1.20. The third-order valence-corrected chi connectivity index (χ3v) is 1.59. The van der Waals surface area contributed by atoms with Gasteiger partial charge in [0.2, 0.25) is 0 Å². The minimum absolute atomic E-state index is 1.20. The average Bonchev–Trinajstić information content (AvgIpc) is 2.18. The SMILES string of the molecule is C/C=C(C)\C=C/N.C=C/C(C)=C\C. The fourth-order valence-corrected chi connectivity index (χ4v) is 0.366. The fourth-order valence-electron chi connectivity index (χ4n) is 0.366. The van der Waals surface area contributed by atoms with Crippen LogP contribution in [-0.2, 0) is 0 Å². The van der Waals surface area contributed by atoms with Gasteiger partial charge in [-0.3, -0.25) is 0 Å². The van der Waals surface area contributed by atoms with E-state index in [0.29, 0.717) is 0 Å². The zero-order valence-electron chi connectivity index (χ0n) is 9.17. The summed E-state index contributed by atoms with van der Waals surface area (Å²) in [5, 5.41) is 0. The minimum Gasteiger partial charge on any atom is -0.405 e. The molecule has 0 saturated carbocycles. The second-order valence-electron chi connectivity index (χ2n) is 2.63. The first-order valence-corrected chi connectivity index (χ1v) is 4.38. The quantitative estimate of drug-likeness (QED) is 0.644. The van der Waals surface area contributed by atoms with Crippen molar-refractivity contribution >= 4 is 0 Å². The van der Waals surface area contributed by atoms with E-state index in [0.717, 1.165) is 0 Å². The van der Waals surface area contributed by atoms with E-state index in [9.17, 15) is 0 Å². The number of hydrogen-bond donors (Lipinski definition) is 1. The predicted octanol–water partition coefficient (Wildman–Crippen LogP) is 3.56. The van der Waals surface area contributed by atoms with Crippen LogP contribution in [0.5, 0.6) is 0 Å². The van der Waals surface area contributed by atoms with E-state index >= 15 is 0 Å². The molecule has 0 unspecified atom stereocenters. The maximum absolute atomic E-state index is 5.08. The van der Waals surface area contributed by atoms with E-state index in [1.54, 1.807) is 0 Å². The predicted molar refractivity (Wildman–Crippen MR) is 62.4 cm³/mol. The van der Waals surface area contributed by atoms with Crippen LogP contribution in [0.4, 0.5) is 0 Å². The smallest absolute Gasteiger partial charge is 0.00598 e. The van der Waals surface area contributed by atoms with Crippen LogP contribution in [0.1, 0.15) is 27.7 Å². The average molecular weight is 179 g/mol. The van der Waals surface area contributed by atoms with Gasteiger partial charge in [-0.25, -0.2) is 0 Å². The summed E-state index contributed by atoms with van der Waals surface area (Å²) in [6.45, 7) is 11.6. The lowest BCUT2D eigenvalue weighted by molar-refractivity contribution is 1.45. The normalized spacial score (nSPS) is 12.3. The van der Waals surface area contributed by atoms with Gasteiger partial charge in [0, 0.05) is 0 Å². The lowest BCUT2D eigenvalue weighted by atomic mass is 10.3. The summed E-state index contributed by atoms with van der Waals surface area (Å²) in [6, 6.07) is 0. The molecule has 0 radical (unpaired) electrons. The van der Waals surface area contributed by atoms with Gasteiger partial charge in [0.05, 0.1) is 0 Å². The lowest BCUT2D eigenvalue weighted by Crippen LogP contribution is -1.75. The van der Waals surface area contributed by atoms with Gasteiger partial charge in [-0.05, 0) is 40.0 Å². The molecule has 74 valence electrons. The largest absolute Gasteiger partial charge is 0.405 e. The Labute approximate surface area is 82.3 Å². The number of nitrogens with two attached hydrogens (primary N) is 1. The highest BCUT2D eigenvalue weighted by atomic mass is 14.5. The Hall–Kier alpha value is -1.24. The molecular formula is C12H21N. The Morgan fingerprint density at radius 2 is 1.54 bits per heavy atom. The first-order chi connectivity index (χ1) is 6.12. The molecule has 2 N–H and O–H groups in total. The third kappa shape index (κ3) is 13.7. The van der Waals surface area contributed by atoms with Crippen LogP contribution in [0.15, 0.2) is 48.2 Å². The van der Waals surface area contributed by atoms with Gasteiger partial charge < -0.3 is 5.73 Å². The van der Waals surface area contributed by atoms with Crippen molar-refractivity contribution in [2.45, 2.75) is 27.7 Å². The molecule has 0 aromatic rings. The lowest BCUT2D eigenvalue weighted by Gasteiger charge is -1.81. The molecule has 0 aliphatic heterocycles. The molecule has 0 aliphatic rings. The van der Waals surface area contributed by atoms with Crippen molar-refractivity contribution in [3.05, 3.63) is 48.2 Å². The third-order valence-electron chi connectivity index (χ3n) is 1.59. The second-order valence-corrected chi connectivity index (χ2v) is 2.63. The van der Waals surface area contributed by atoms with Crippen LogP contribution >= 0.6 is 0 Å². The van der Waals surface area contributed by atoms with Gasteiger partial charge in [-0.15, -0.1) is 0 Å². The van der Waals surface area contributed by atoms with Crippen molar-refractivity contribution in [3.8, 4) is 0 Å². The fraction of sp³-hybridized carbons (Fsp3) is 0.333. The molecule has 1 nitrogen and oxygen atoms in total. The molecule has 0 rings (SSSR count). The zero-order valence-corrected chi connectivity index (χ0v) is 9.17. The first-order valence-electron chi connectivity index (χ1n) is 4.38. The van der Waals surface area contributed by atoms with Crippen molar-refractivity contribution in [2.24, 2.45) is 5.73 Å². The van der Waals surface area contributed by atoms with E-state index in [2.05, 4.69) is 6.58 Å². The summed E-state index contributed by atoms with van der Waals surface area (Å²) in [7, 11) is 0. The summed E-state index contributed by atoms with van der Waals surface area (Å²) in [5.41, 5.74) is 7.51. The standard InChI is InChI=1S/C6H11N.C6H10/c1-3-6(2)4-5-7;1-4-6(3)5-2/h3-5H,7H2,1-2H3;4-5H,1H2,2-3H3/b5-4-,6-3-;6-5-. The maximum Gasteiger partial charge on any atom is -0.00598 e. The van der Waals surface area contributed by atoms with Crippen molar-refractivity contribution in [1.29, 1.82) is 0 Å². The molecule has 0 saturated heterocycles. The van der Waals surface area contributed by atoms with Gasteiger partial charge in [-0.1, -0.05) is 36.0 Å². The Bertz CT molecular complexity index is 207. The van der Waals surface area contributed by atoms with Crippen LogP contribution in [0.25, 0.3) is 0 Å². The number of allylic oxidation sites excluding steroid dienone is 6. The topological polar surface area (TPSA) is 26.0 Å². The highest BCUT2D eigenvalue weighted by Gasteiger charge is 1.70. The van der Waals surface area contributed by atoms with Crippen molar-refractivity contribution in [1.82, 2.24) is 0 Å². The summed E-state index contributed by atoms with van der Waals surface area (Å²) in [4.78, 5) is 0. The Kier molecular flexibility index (Phi) is 11.8. The zero-order chi connectivity index (χ0) is 10.7. The van der Waals surface area contributed by atoms with Crippen molar-refractivity contribution < 1.29 is 0 Å². The van der Waals surface area contributed by atoms with E-state index in [1.807, 2.05) is 52.0 Å². The summed E-state index contributed by atoms with van der Waals surface area (Å²) in [5.74, 6) is 0. The van der Waals surface area contributed by atoms with E-state index in [4.69, 9.17) is 5.73 Å². The molecule has 0 bridgehead atoms. The van der Waals surface area contributed by atoms with Crippen LogP contribution in [0, 0.1) is 0 Å². The van der Waals surface area contributed by atoms with Crippen molar-refractivity contribution in [3.63, 3.8) is 0 Å². The molecule has 0 spiro atoms. The van der Waals surface area contributed by atoms with Gasteiger partial charge >= 0.3 is 0 Å². The van der Waals surface area contributed by atoms with E-state index < -0.39 is 0 Å². The molecule has 0 fully saturated rings. The maximum atomic E-state index is 5.08. The molecule has 0 aromatic heterocycles. The molecule has 0 aromatic carbocycles. The Morgan fingerprint density at radius 3 is 1.62 bits per heavy atom. The number of hydrogen-bond acceptors (Lipinski definition) is 1. The Morgan fingerprint density at radius 1 is 1.08 bits per heavy atom. The molecule has 0 heterocycles.